The van der Waals surface area contributed by atoms with Gasteiger partial charge in [0.1, 0.15) is 5.69 Å². The number of piperidine rings is 1. The van der Waals surface area contributed by atoms with E-state index in [0.29, 0.717) is 29.9 Å². The Hall–Kier alpha value is -3.12. The van der Waals surface area contributed by atoms with Crippen LogP contribution < -0.4 is 5.32 Å². The first-order chi connectivity index (χ1) is 15.6. The summed E-state index contributed by atoms with van der Waals surface area (Å²) in [6.07, 6.45) is -1.91. The Morgan fingerprint density at radius 2 is 1.94 bits per heavy atom. The number of carbonyl (C=O) groups excluding carboxylic acids is 1. The van der Waals surface area contributed by atoms with E-state index >= 15 is 0 Å². The summed E-state index contributed by atoms with van der Waals surface area (Å²) < 4.78 is 70.8. The van der Waals surface area contributed by atoms with E-state index < -0.39 is 27.7 Å². The quantitative estimate of drug-likeness (QED) is 0.560. The zero-order chi connectivity index (χ0) is 23.6. The van der Waals surface area contributed by atoms with E-state index in [-0.39, 0.29) is 30.6 Å². The molecule has 0 saturated carbocycles. The maximum absolute atomic E-state index is 13.0. The molecule has 0 radical (unpaired) electrons. The van der Waals surface area contributed by atoms with Gasteiger partial charge >= 0.3 is 6.18 Å². The van der Waals surface area contributed by atoms with Crippen LogP contribution in [0.3, 0.4) is 0 Å². The number of amides is 1. The van der Waals surface area contributed by atoms with Crippen molar-refractivity contribution < 1.29 is 30.8 Å². The standard InChI is InChI=1S/C21H21F3N4O4S/c22-21(23,24)16-5-3-14(4-6-16)12-25-20(29)15-2-1-11-28(13-15)33(30,31)19-8-7-18(32-19)17-9-10-26-27-17/h3-10,15H,1-2,11-13H2,(H,25,29)(H,26,27)/t15-/m0/s1. The SMILES string of the molecule is O=C(NCc1ccc(C(F)(F)F)cc1)[C@H]1CCCN(S(=O)(=O)c2ccc(-c3ccn[nH]3)o2)C1. The number of H-pyrrole nitrogens is 1. The maximum Gasteiger partial charge on any atom is 0.416 e. The van der Waals surface area contributed by atoms with Crippen molar-refractivity contribution in [3.8, 4) is 11.5 Å². The van der Waals surface area contributed by atoms with Crippen LogP contribution >= 0.6 is 0 Å². The van der Waals surface area contributed by atoms with Crippen LogP contribution in [0.15, 0.2) is 58.2 Å². The van der Waals surface area contributed by atoms with E-state index in [1.54, 1.807) is 6.07 Å². The second kappa shape index (κ2) is 9.02. The van der Waals surface area contributed by atoms with Crippen LogP contribution in [-0.2, 0) is 27.5 Å². The minimum absolute atomic E-state index is 0.0126. The Morgan fingerprint density at radius 3 is 2.61 bits per heavy atom. The first-order valence-corrected chi connectivity index (χ1v) is 11.6. The first kappa shape index (κ1) is 23.1. The molecule has 4 rings (SSSR count). The third-order valence-corrected chi connectivity index (χ3v) is 7.18. The summed E-state index contributed by atoms with van der Waals surface area (Å²) in [4.78, 5) is 12.6. The van der Waals surface area contributed by atoms with Crippen molar-refractivity contribution in [2.24, 2.45) is 5.92 Å². The van der Waals surface area contributed by atoms with Crippen molar-refractivity contribution in [3.05, 3.63) is 59.8 Å². The highest BCUT2D eigenvalue weighted by atomic mass is 32.2. The Morgan fingerprint density at radius 1 is 1.18 bits per heavy atom. The Labute approximate surface area is 187 Å². The summed E-state index contributed by atoms with van der Waals surface area (Å²) >= 11 is 0. The lowest BCUT2D eigenvalue weighted by atomic mass is 9.98. The van der Waals surface area contributed by atoms with Gasteiger partial charge in [0.15, 0.2) is 5.76 Å². The van der Waals surface area contributed by atoms with Crippen molar-refractivity contribution in [1.29, 1.82) is 0 Å². The van der Waals surface area contributed by atoms with Gasteiger partial charge in [0.2, 0.25) is 11.0 Å². The number of aromatic nitrogens is 2. The van der Waals surface area contributed by atoms with Gasteiger partial charge in [0.05, 0.1) is 11.5 Å². The molecule has 176 valence electrons. The highest BCUT2D eigenvalue weighted by molar-refractivity contribution is 7.89. The average Bonchev–Trinajstić information content (AvgIpc) is 3.49. The number of aromatic amines is 1. The number of sulfonamides is 1. The van der Waals surface area contributed by atoms with E-state index in [9.17, 15) is 26.4 Å². The third-order valence-electron chi connectivity index (χ3n) is 5.44. The van der Waals surface area contributed by atoms with E-state index in [4.69, 9.17) is 4.42 Å². The maximum atomic E-state index is 13.0. The lowest BCUT2D eigenvalue weighted by Crippen LogP contribution is -2.45. The van der Waals surface area contributed by atoms with Crippen LogP contribution in [0.25, 0.3) is 11.5 Å². The van der Waals surface area contributed by atoms with Crippen molar-refractivity contribution in [3.63, 3.8) is 0 Å². The number of furan rings is 1. The summed E-state index contributed by atoms with van der Waals surface area (Å²) in [6.45, 7) is 0.290. The fraction of sp³-hybridized carbons (Fsp3) is 0.333. The molecule has 3 heterocycles. The van der Waals surface area contributed by atoms with Crippen molar-refractivity contribution in [1.82, 2.24) is 19.8 Å². The van der Waals surface area contributed by atoms with E-state index in [0.717, 1.165) is 12.1 Å². The first-order valence-electron chi connectivity index (χ1n) is 10.2. The predicted molar refractivity (Wildman–Crippen MR) is 111 cm³/mol. The Kier molecular flexibility index (Phi) is 6.30. The Bertz CT molecular complexity index is 1210. The number of rotatable bonds is 6. The third kappa shape index (κ3) is 5.11. The van der Waals surface area contributed by atoms with Gasteiger partial charge < -0.3 is 9.73 Å². The molecule has 1 aromatic carbocycles. The topological polar surface area (TPSA) is 108 Å². The average molecular weight is 482 g/mol. The number of alkyl halides is 3. The zero-order valence-electron chi connectivity index (χ0n) is 17.3. The normalized spacial score (nSPS) is 17.7. The van der Waals surface area contributed by atoms with Crippen LogP contribution in [0.5, 0.6) is 0 Å². The van der Waals surface area contributed by atoms with E-state index in [1.165, 1.54) is 34.8 Å². The second-order valence-corrected chi connectivity index (χ2v) is 9.57. The summed E-state index contributed by atoms with van der Waals surface area (Å²) in [6, 6.07) is 9.05. The number of carbonyl (C=O) groups is 1. The van der Waals surface area contributed by atoms with E-state index in [2.05, 4.69) is 15.5 Å². The number of nitrogens with one attached hydrogen (secondary N) is 2. The number of benzene rings is 1. The molecule has 0 unspecified atom stereocenters. The molecule has 1 amide bonds. The van der Waals surface area contributed by atoms with Crippen molar-refractivity contribution >= 4 is 15.9 Å². The molecule has 8 nitrogen and oxygen atoms in total. The van der Waals surface area contributed by atoms with Gasteiger partial charge in [0.25, 0.3) is 10.0 Å². The van der Waals surface area contributed by atoms with Gasteiger partial charge in [-0.15, -0.1) is 0 Å². The molecule has 1 fully saturated rings. The lowest BCUT2D eigenvalue weighted by Gasteiger charge is -2.30. The van der Waals surface area contributed by atoms with Crippen LogP contribution in [0.4, 0.5) is 13.2 Å². The largest absolute Gasteiger partial charge is 0.442 e. The lowest BCUT2D eigenvalue weighted by molar-refractivity contribution is -0.137. The van der Waals surface area contributed by atoms with Gasteiger partial charge in [-0.05, 0) is 48.7 Å². The van der Waals surface area contributed by atoms with Crippen molar-refractivity contribution in [2.75, 3.05) is 13.1 Å². The molecule has 0 bridgehead atoms. The van der Waals surface area contributed by atoms with Crippen molar-refractivity contribution in [2.45, 2.75) is 30.7 Å². The van der Waals surface area contributed by atoms with Crippen LogP contribution in [0, 0.1) is 5.92 Å². The number of halogens is 3. The van der Waals surface area contributed by atoms with Crippen LogP contribution in [-0.4, -0.2) is 41.9 Å². The molecule has 1 saturated heterocycles. The number of nitrogens with zero attached hydrogens (tertiary/aromatic N) is 2. The molecule has 33 heavy (non-hydrogen) atoms. The highest BCUT2D eigenvalue weighted by Crippen LogP contribution is 2.30. The summed E-state index contributed by atoms with van der Waals surface area (Å²) in [7, 11) is -3.94. The van der Waals surface area contributed by atoms with Gasteiger partial charge in [-0.2, -0.15) is 22.6 Å². The molecule has 1 aliphatic rings. The fourth-order valence-corrected chi connectivity index (χ4v) is 5.08. The number of hydrogen-bond acceptors (Lipinski definition) is 5. The molecule has 12 heteroatoms. The number of hydrogen-bond donors (Lipinski definition) is 2. The monoisotopic (exact) mass is 482 g/mol. The van der Waals surface area contributed by atoms with Gasteiger partial charge in [-0.1, -0.05) is 12.1 Å². The summed E-state index contributed by atoms with van der Waals surface area (Å²) in [5.74, 6) is -0.605. The highest BCUT2D eigenvalue weighted by Gasteiger charge is 2.35. The van der Waals surface area contributed by atoms with Crippen LogP contribution in [0.1, 0.15) is 24.0 Å². The minimum atomic E-state index is -4.42. The fourth-order valence-electron chi connectivity index (χ4n) is 3.64. The predicted octanol–water partition coefficient (Wildman–Crippen LogP) is 3.41. The smallest absolute Gasteiger partial charge is 0.416 e. The second-order valence-electron chi connectivity index (χ2n) is 7.70. The van der Waals surface area contributed by atoms with Gasteiger partial charge in [-0.25, -0.2) is 8.42 Å². The molecule has 1 aliphatic heterocycles. The van der Waals surface area contributed by atoms with Crippen LogP contribution in [0.2, 0.25) is 0 Å². The zero-order valence-corrected chi connectivity index (χ0v) is 18.1. The molecule has 0 aliphatic carbocycles. The van der Waals surface area contributed by atoms with E-state index in [1.807, 2.05) is 0 Å². The molecule has 0 spiro atoms. The van der Waals surface area contributed by atoms with Gasteiger partial charge in [0, 0.05) is 25.8 Å². The molecular weight excluding hydrogens is 461 g/mol. The molecule has 2 N–H and O–H groups in total. The minimum Gasteiger partial charge on any atom is -0.442 e. The summed E-state index contributed by atoms with van der Waals surface area (Å²) in [5.41, 5.74) is 0.286. The molecule has 1 atom stereocenters. The summed E-state index contributed by atoms with van der Waals surface area (Å²) in [5, 5.41) is 8.96. The molecular formula is C21H21F3N4O4S. The van der Waals surface area contributed by atoms with Gasteiger partial charge in [-0.3, -0.25) is 9.89 Å². The molecule has 2 aromatic heterocycles. The molecule has 3 aromatic rings. The Balaban J connectivity index is 1.38.